The van der Waals surface area contributed by atoms with E-state index in [-0.39, 0.29) is 11.6 Å². The van der Waals surface area contributed by atoms with Crippen molar-refractivity contribution in [2.45, 2.75) is 59.6 Å². The molecule has 0 unspecified atom stereocenters. The molecule has 0 aliphatic heterocycles. The fourth-order valence-electron chi connectivity index (χ4n) is 2.17. The molecule has 0 bridgehead atoms. The third kappa shape index (κ3) is 6.30. The van der Waals surface area contributed by atoms with Crippen LogP contribution in [0.5, 0.6) is 0 Å². The third-order valence-electron chi connectivity index (χ3n) is 3.28. The van der Waals surface area contributed by atoms with Crippen LogP contribution in [0.2, 0.25) is 5.02 Å². The minimum absolute atomic E-state index is 0.303. The second-order valence-electron chi connectivity index (χ2n) is 7.66. The van der Waals surface area contributed by atoms with Crippen molar-refractivity contribution in [3.05, 3.63) is 28.8 Å². The lowest BCUT2D eigenvalue weighted by Crippen LogP contribution is -2.49. The molecule has 1 aromatic rings. The molecular formula is C18H29ClN2O2. The molecule has 0 atom stereocenters. The summed E-state index contributed by atoms with van der Waals surface area (Å²) in [6, 6.07) is 5.78. The second kappa shape index (κ2) is 7.43. The molecule has 130 valence electrons. The predicted octanol–water partition coefficient (Wildman–Crippen LogP) is 5.10. The van der Waals surface area contributed by atoms with E-state index >= 15 is 0 Å². The molecule has 1 aromatic carbocycles. The Morgan fingerprint density at radius 3 is 2.30 bits per heavy atom. The number of anilines is 1. The van der Waals surface area contributed by atoms with Crippen LogP contribution < -0.4 is 5.32 Å². The van der Waals surface area contributed by atoms with Crippen molar-refractivity contribution in [2.24, 2.45) is 0 Å². The normalized spacial score (nSPS) is 12.0. The van der Waals surface area contributed by atoms with Gasteiger partial charge in [0.05, 0.1) is 10.7 Å². The number of carbonyl (C=O) groups is 1. The maximum Gasteiger partial charge on any atom is 0.410 e. The maximum absolute atomic E-state index is 12.4. The number of para-hydroxylation sites is 1. The molecule has 0 saturated carbocycles. The number of carbonyl (C=O) groups excluding carboxylic acids is 1. The Hall–Kier alpha value is -1.42. The van der Waals surface area contributed by atoms with E-state index in [9.17, 15) is 4.79 Å². The van der Waals surface area contributed by atoms with Crippen molar-refractivity contribution in [2.75, 3.05) is 18.4 Å². The Bertz CT molecular complexity index is 525. The van der Waals surface area contributed by atoms with Crippen LogP contribution in [0.4, 0.5) is 10.5 Å². The number of halogens is 1. The van der Waals surface area contributed by atoms with E-state index in [1.54, 1.807) is 4.90 Å². The lowest BCUT2D eigenvalue weighted by molar-refractivity contribution is 0.00749. The Balaban J connectivity index is 2.75. The van der Waals surface area contributed by atoms with E-state index in [0.717, 1.165) is 11.3 Å². The zero-order valence-electron chi connectivity index (χ0n) is 15.3. The average Bonchev–Trinajstić information content (AvgIpc) is 2.33. The number of amides is 1. The van der Waals surface area contributed by atoms with Crippen LogP contribution in [0.1, 0.15) is 47.1 Å². The molecule has 0 radical (unpaired) electrons. The predicted molar refractivity (Wildman–Crippen MR) is 97.4 cm³/mol. The van der Waals surface area contributed by atoms with Crippen molar-refractivity contribution in [1.29, 1.82) is 0 Å². The summed E-state index contributed by atoms with van der Waals surface area (Å²) in [7, 11) is 0. The summed E-state index contributed by atoms with van der Waals surface area (Å²) in [5, 5.41) is 4.00. The van der Waals surface area contributed by atoms with Gasteiger partial charge < -0.3 is 15.0 Å². The van der Waals surface area contributed by atoms with Crippen LogP contribution >= 0.6 is 11.6 Å². The van der Waals surface area contributed by atoms with E-state index < -0.39 is 5.60 Å². The highest BCUT2D eigenvalue weighted by atomic mass is 35.5. The number of nitrogens with one attached hydrogen (secondary N) is 1. The van der Waals surface area contributed by atoms with Gasteiger partial charge in [0.25, 0.3) is 0 Å². The van der Waals surface area contributed by atoms with Crippen molar-refractivity contribution < 1.29 is 9.53 Å². The first-order valence-electron chi connectivity index (χ1n) is 7.91. The maximum atomic E-state index is 12.4. The molecule has 0 spiro atoms. The monoisotopic (exact) mass is 340 g/mol. The summed E-state index contributed by atoms with van der Waals surface area (Å²) in [6.45, 7) is 14.7. The van der Waals surface area contributed by atoms with E-state index in [2.05, 4.69) is 5.32 Å². The summed E-state index contributed by atoms with van der Waals surface area (Å²) in [5.41, 5.74) is 1.16. The van der Waals surface area contributed by atoms with Crippen molar-refractivity contribution in [1.82, 2.24) is 4.90 Å². The van der Waals surface area contributed by atoms with Crippen LogP contribution in [-0.2, 0) is 4.74 Å². The lowest BCUT2D eigenvalue weighted by Gasteiger charge is -2.37. The third-order valence-corrected chi connectivity index (χ3v) is 3.60. The second-order valence-corrected chi connectivity index (χ2v) is 8.07. The Morgan fingerprint density at radius 2 is 1.83 bits per heavy atom. The van der Waals surface area contributed by atoms with Gasteiger partial charge in [0, 0.05) is 18.6 Å². The molecule has 4 nitrogen and oxygen atoms in total. The topological polar surface area (TPSA) is 41.6 Å². The fourth-order valence-corrected chi connectivity index (χ4v) is 2.45. The zero-order chi connectivity index (χ0) is 17.8. The van der Waals surface area contributed by atoms with Crippen LogP contribution in [0.15, 0.2) is 18.2 Å². The minimum Gasteiger partial charge on any atom is -0.444 e. The number of hydrogen-bond acceptors (Lipinski definition) is 3. The minimum atomic E-state index is -0.507. The molecule has 23 heavy (non-hydrogen) atoms. The Morgan fingerprint density at radius 1 is 1.22 bits per heavy atom. The molecule has 1 N–H and O–H groups in total. The van der Waals surface area contributed by atoms with Gasteiger partial charge in [-0.2, -0.15) is 0 Å². The Kier molecular flexibility index (Phi) is 6.34. The molecule has 0 fully saturated rings. The molecular weight excluding hydrogens is 312 g/mol. The van der Waals surface area contributed by atoms with Gasteiger partial charge in [-0.1, -0.05) is 23.7 Å². The van der Waals surface area contributed by atoms with Gasteiger partial charge in [-0.05, 0) is 60.1 Å². The summed E-state index contributed by atoms with van der Waals surface area (Å²) in [5.74, 6) is 0. The van der Waals surface area contributed by atoms with Gasteiger partial charge in [0.1, 0.15) is 5.60 Å². The number of aryl methyl sites for hydroxylation is 1. The summed E-state index contributed by atoms with van der Waals surface area (Å²) < 4.78 is 5.51. The van der Waals surface area contributed by atoms with Gasteiger partial charge in [-0.15, -0.1) is 0 Å². The van der Waals surface area contributed by atoms with Gasteiger partial charge in [-0.25, -0.2) is 4.79 Å². The van der Waals surface area contributed by atoms with Crippen molar-refractivity contribution in [3.63, 3.8) is 0 Å². The quantitative estimate of drug-likeness (QED) is 0.829. The van der Waals surface area contributed by atoms with E-state index in [1.807, 2.05) is 66.7 Å². The highest BCUT2D eigenvalue weighted by molar-refractivity contribution is 6.33. The molecule has 0 aliphatic rings. The van der Waals surface area contributed by atoms with Crippen LogP contribution in [-0.4, -0.2) is 35.2 Å². The SMILES string of the molecule is Cc1cccc(Cl)c1NCCN(C(=O)OC(C)(C)C)C(C)(C)C. The average molecular weight is 341 g/mol. The van der Waals surface area contributed by atoms with Crippen LogP contribution in [0, 0.1) is 6.92 Å². The molecule has 0 aromatic heterocycles. The fraction of sp³-hybridized carbons (Fsp3) is 0.611. The standard InChI is InChI=1S/C18H29ClN2O2/c1-13-9-8-10-14(19)15(13)20-11-12-21(17(2,3)4)16(22)23-18(5,6)7/h8-10,20H,11-12H2,1-7H3. The van der Waals surface area contributed by atoms with Gasteiger partial charge in [0.2, 0.25) is 0 Å². The number of nitrogens with zero attached hydrogens (tertiary/aromatic N) is 1. The summed E-state index contributed by atoms with van der Waals surface area (Å²) in [4.78, 5) is 14.2. The first-order chi connectivity index (χ1) is 10.4. The summed E-state index contributed by atoms with van der Waals surface area (Å²) in [6.07, 6.45) is -0.303. The molecule has 0 aliphatic carbocycles. The van der Waals surface area contributed by atoms with Crippen molar-refractivity contribution >= 4 is 23.4 Å². The number of hydrogen-bond donors (Lipinski definition) is 1. The first kappa shape index (κ1) is 19.6. The molecule has 0 heterocycles. The lowest BCUT2D eigenvalue weighted by atomic mass is 10.1. The number of ether oxygens (including phenoxy) is 1. The number of rotatable bonds is 4. The van der Waals surface area contributed by atoms with Crippen molar-refractivity contribution in [3.8, 4) is 0 Å². The van der Waals surface area contributed by atoms with E-state index in [0.29, 0.717) is 18.1 Å². The van der Waals surface area contributed by atoms with E-state index in [1.165, 1.54) is 0 Å². The van der Waals surface area contributed by atoms with Gasteiger partial charge >= 0.3 is 6.09 Å². The highest BCUT2D eigenvalue weighted by Crippen LogP contribution is 2.25. The van der Waals surface area contributed by atoms with Crippen LogP contribution in [0.25, 0.3) is 0 Å². The van der Waals surface area contributed by atoms with Gasteiger partial charge in [-0.3, -0.25) is 0 Å². The molecule has 5 heteroatoms. The van der Waals surface area contributed by atoms with Crippen LogP contribution in [0.3, 0.4) is 0 Å². The van der Waals surface area contributed by atoms with Gasteiger partial charge in [0.15, 0.2) is 0 Å². The smallest absolute Gasteiger partial charge is 0.410 e. The molecule has 0 saturated heterocycles. The highest BCUT2D eigenvalue weighted by Gasteiger charge is 2.30. The summed E-state index contributed by atoms with van der Waals surface area (Å²) >= 11 is 6.22. The van der Waals surface area contributed by atoms with E-state index in [4.69, 9.17) is 16.3 Å². The molecule has 1 rings (SSSR count). The Labute approximate surface area is 145 Å². The number of benzene rings is 1. The zero-order valence-corrected chi connectivity index (χ0v) is 16.0. The first-order valence-corrected chi connectivity index (χ1v) is 8.29. The largest absolute Gasteiger partial charge is 0.444 e. The molecule has 1 amide bonds.